The number of hydrogen-bond acceptors (Lipinski definition) is 4. The molecular formula is C21H26N4. The van der Waals surface area contributed by atoms with Crippen LogP contribution >= 0.6 is 0 Å². The standard InChI is InChI=1S/C21H26N4/c1-20(2,15-22)21(16-23)12-10-19-18(9-6-14-25(19)21)24-13-11-17-7-4-3-5-8-17/h3-5,7-8,10,12,18-19,24H,6,9,11,13-14H2,1-2H3. The molecule has 4 nitrogen and oxygen atoms in total. The van der Waals surface area contributed by atoms with Gasteiger partial charge >= 0.3 is 0 Å². The normalized spacial score (nSPS) is 29.0. The Morgan fingerprint density at radius 3 is 2.72 bits per heavy atom. The van der Waals surface area contributed by atoms with Gasteiger partial charge in [-0.15, -0.1) is 0 Å². The van der Waals surface area contributed by atoms with Gasteiger partial charge in [0.25, 0.3) is 0 Å². The van der Waals surface area contributed by atoms with Crippen molar-refractivity contribution in [2.24, 2.45) is 5.41 Å². The van der Waals surface area contributed by atoms with Crippen LogP contribution in [-0.4, -0.2) is 35.6 Å². The molecule has 1 aromatic carbocycles. The van der Waals surface area contributed by atoms with Crippen molar-refractivity contribution in [3.63, 3.8) is 0 Å². The van der Waals surface area contributed by atoms with Crippen LogP contribution in [0.15, 0.2) is 42.5 Å². The van der Waals surface area contributed by atoms with E-state index >= 15 is 0 Å². The molecule has 0 amide bonds. The van der Waals surface area contributed by atoms with E-state index in [1.54, 1.807) is 0 Å². The molecule has 0 spiro atoms. The van der Waals surface area contributed by atoms with E-state index < -0.39 is 11.0 Å². The van der Waals surface area contributed by atoms with Crippen LogP contribution in [0.2, 0.25) is 0 Å². The molecule has 3 unspecified atom stereocenters. The van der Waals surface area contributed by atoms with Gasteiger partial charge in [-0.3, -0.25) is 4.90 Å². The first-order valence-electron chi connectivity index (χ1n) is 9.10. The Hall–Kier alpha value is -2.14. The number of hydrogen-bond donors (Lipinski definition) is 1. The number of benzene rings is 1. The number of fused-ring (bicyclic) bond motifs is 1. The molecular weight excluding hydrogens is 308 g/mol. The van der Waals surface area contributed by atoms with Gasteiger partial charge in [0.2, 0.25) is 0 Å². The van der Waals surface area contributed by atoms with Gasteiger partial charge in [-0.05, 0) is 45.2 Å². The summed E-state index contributed by atoms with van der Waals surface area (Å²) in [5.74, 6) is 0. The van der Waals surface area contributed by atoms with Gasteiger partial charge < -0.3 is 5.32 Å². The highest BCUT2D eigenvalue weighted by Gasteiger charge is 2.55. The van der Waals surface area contributed by atoms with Crippen LogP contribution in [0.1, 0.15) is 32.3 Å². The highest BCUT2D eigenvalue weighted by atomic mass is 15.3. The van der Waals surface area contributed by atoms with E-state index in [1.807, 2.05) is 26.0 Å². The molecule has 2 heterocycles. The number of nitrogens with zero attached hydrogens (tertiary/aromatic N) is 3. The molecule has 130 valence electrons. The van der Waals surface area contributed by atoms with E-state index in [2.05, 4.69) is 52.7 Å². The monoisotopic (exact) mass is 334 g/mol. The van der Waals surface area contributed by atoms with Gasteiger partial charge in [-0.1, -0.05) is 42.5 Å². The summed E-state index contributed by atoms with van der Waals surface area (Å²) < 4.78 is 0. The van der Waals surface area contributed by atoms with Gasteiger partial charge in [-0.2, -0.15) is 10.5 Å². The lowest BCUT2D eigenvalue weighted by atomic mass is 9.73. The predicted molar refractivity (Wildman–Crippen MR) is 98.5 cm³/mol. The van der Waals surface area contributed by atoms with Crippen LogP contribution in [-0.2, 0) is 6.42 Å². The van der Waals surface area contributed by atoms with Crippen LogP contribution in [0.3, 0.4) is 0 Å². The first-order valence-corrected chi connectivity index (χ1v) is 9.10. The van der Waals surface area contributed by atoms with Gasteiger partial charge in [0.15, 0.2) is 0 Å². The minimum Gasteiger partial charge on any atom is -0.312 e. The minimum atomic E-state index is -0.827. The predicted octanol–water partition coefficient (Wildman–Crippen LogP) is 3.03. The molecule has 4 heteroatoms. The summed E-state index contributed by atoms with van der Waals surface area (Å²) in [6, 6.07) is 15.8. The van der Waals surface area contributed by atoms with Gasteiger partial charge in [0.05, 0.1) is 17.6 Å². The SMILES string of the molecule is CC(C)(C#N)C1(C#N)C=CC2C(NCCc3ccccc3)CCCN21. The molecule has 3 rings (SSSR count). The molecule has 0 bridgehead atoms. The quantitative estimate of drug-likeness (QED) is 0.841. The van der Waals surface area contributed by atoms with E-state index in [0.717, 1.165) is 32.4 Å². The maximum atomic E-state index is 9.92. The minimum absolute atomic E-state index is 0.191. The van der Waals surface area contributed by atoms with E-state index in [1.165, 1.54) is 5.56 Å². The molecule has 2 aliphatic rings. The number of nitrogens with one attached hydrogen (secondary N) is 1. The summed E-state index contributed by atoms with van der Waals surface area (Å²) in [6.07, 6.45) is 7.27. The lowest BCUT2D eigenvalue weighted by Crippen LogP contribution is -2.62. The molecule has 25 heavy (non-hydrogen) atoms. The van der Waals surface area contributed by atoms with E-state index in [-0.39, 0.29) is 6.04 Å². The Labute approximate surface area is 150 Å². The Bertz CT molecular complexity index is 710. The van der Waals surface area contributed by atoms with Crippen LogP contribution < -0.4 is 5.32 Å². The molecule has 1 saturated heterocycles. The van der Waals surface area contributed by atoms with Crippen molar-refractivity contribution < 1.29 is 0 Å². The topological polar surface area (TPSA) is 62.9 Å². The highest BCUT2D eigenvalue weighted by molar-refractivity contribution is 5.38. The van der Waals surface area contributed by atoms with Crippen molar-refractivity contribution in [2.75, 3.05) is 13.1 Å². The molecule has 3 atom stereocenters. The smallest absolute Gasteiger partial charge is 0.146 e. The van der Waals surface area contributed by atoms with Crippen molar-refractivity contribution in [3.8, 4) is 12.1 Å². The maximum Gasteiger partial charge on any atom is 0.146 e. The fourth-order valence-electron chi connectivity index (χ4n) is 4.16. The van der Waals surface area contributed by atoms with Crippen molar-refractivity contribution in [3.05, 3.63) is 48.0 Å². The zero-order chi connectivity index (χ0) is 17.9. The Morgan fingerprint density at radius 2 is 2.04 bits per heavy atom. The third kappa shape index (κ3) is 3.09. The van der Waals surface area contributed by atoms with Crippen LogP contribution in [0.25, 0.3) is 0 Å². The van der Waals surface area contributed by atoms with Gasteiger partial charge in [0.1, 0.15) is 5.54 Å². The van der Waals surface area contributed by atoms with Crippen molar-refractivity contribution >= 4 is 0 Å². The third-order valence-electron chi connectivity index (χ3n) is 5.74. The van der Waals surface area contributed by atoms with E-state index in [4.69, 9.17) is 0 Å². The Balaban J connectivity index is 1.69. The zero-order valence-corrected chi connectivity index (χ0v) is 15.1. The summed E-state index contributed by atoms with van der Waals surface area (Å²) >= 11 is 0. The molecule has 1 aromatic rings. The van der Waals surface area contributed by atoms with Gasteiger partial charge in [-0.25, -0.2) is 0 Å². The molecule has 1 N–H and O–H groups in total. The van der Waals surface area contributed by atoms with Crippen LogP contribution in [0, 0.1) is 28.1 Å². The highest BCUT2D eigenvalue weighted by Crippen LogP contribution is 2.44. The Morgan fingerprint density at radius 1 is 1.28 bits per heavy atom. The van der Waals surface area contributed by atoms with Gasteiger partial charge in [0, 0.05) is 18.6 Å². The molecule has 0 saturated carbocycles. The number of piperidine rings is 1. The van der Waals surface area contributed by atoms with E-state index in [0.29, 0.717) is 6.04 Å². The van der Waals surface area contributed by atoms with Crippen molar-refractivity contribution in [1.29, 1.82) is 10.5 Å². The number of rotatable bonds is 5. The first-order chi connectivity index (χ1) is 12.0. The van der Waals surface area contributed by atoms with Crippen molar-refractivity contribution in [2.45, 2.75) is 50.7 Å². The summed E-state index contributed by atoms with van der Waals surface area (Å²) in [7, 11) is 0. The lowest BCUT2D eigenvalue weighted by molar-refractivity contribution is 0.0497. The number of nitriles is 2. The molecule has 0 aliphatic carbocycles. The molecule has 0 radical (unpaired) electrons. The molecule has 0 aromatic heterocycles. The third-order valence-corrected chi connectivity index (χ3v) is 5.74. The average molecular weight is 334 g/mol. The first kappa shape index (κ1) is 17.7. The zero-order valence-electron chi connectivity index (χ0n) is 15.1. The summed E-state index contributed by atoms with van der Waals surface area (Å²) in [5, 5.41) is 23.2. The second kappa shape index (κ2) is 7.00. The lowest BCUT2D eigenvalue weighted by Gasteiger charge is -2.47. The van der Waals surface area contributed by atoms with E-state index in [9.17, 15) is 10.5 Å². The van der Waals surface area contributed by atoms with Crippen LogP contribution in [0.5, 0.6) is 0 Å². The van der Waals surface area contributed by atoms with Crippen molar-refractivity contribution in [1.82, 2.24) is 10.2 Å². The second-order valence-corrected chi connectivity index (χ2v) is 7.60. The molecule has 2 aliphatic heterocycles. The summed E-state index contributed by atoms with van der Waals surface area (Å²) in [4.78, 5) is 2.24. The average Bonchev–Trinajstić information content (AvgIpc) is 3.04. The maximum absolute atomic E-state index is 9.92. The fourth-order valence-corrected chi connectivity index (χ4v) is 4.16. The largest absolute Gasteiger partial charge is 0.312 e. The van der Waals surface area contributed by atoms with Crippen LogP contribution in [0.4, 0.5) is 0 Å². The Kier molecular flexibility index (Phi) is 4.95. The second-order valence-electron chi connectivity index (χ2n) is 7.60. The summed E-state index contributed by atoms with van der Waals surface area (Å²) in [6.45, 7) is 5.53. The molecule has 1 fully saturated rings. The summed E-state index contributed by atoms with van der Waals surface area (Å²) in [5.41, 5.74) is -0.230. The fraction of sp³-hybridized carbons (Fsp3) is 0.524.